The minimum Gasteiger partial charge on any atom is -0.508 e. The molecule has 116 valence electrons. The summed E-state index contributed by atoms with van der Waals surface area (Å²) in [5.41, 5.74) is 6.28. The second kappa shape index (κ2) is 6.37. The number of aromatic hydroxyl groups is 1. The van der Waals surface area contributed by atoms with Crippen LogP contribution in [0.2, 0.25) is 0 Å². The molecule has 1 aromatic rings. The summed E-state index contributed by atoms with van der Waals surface area (Å²) in [7, 11) is 0. The molecular formula is C14H15N3O5. The molecule has 22 heavy (non-hydrogen) atoms. The van der Waals surface area contributed by atoms with E-state index in [4.69, 9.17) is 15.9 Å². The van der Waals surface area contributed by atoms with Crippen molar-refractivity contribution in [1.82, 2.24) is 4.90 Å². The fourth-order valence-electron chi connectivity index (χ4n) is 1.95. The van der Waals surface area contributed by atoms with Gasteiger partial charge in [-0.3, -0.25) is 14.5 Å². The summed E-state index contributed by atoms with van der Waals surface area (Å²) in [6, 6.07) is 5.11. The number of phenols is 1. The van der Waals surface area contributed by atoms with Crippen molar-refractivity contribution in [2.45, 2.75) is 6.04 Å². The number of aliphatic carboxylic acids is 1. The Balaban J connectivity index is 2.36. The minimum absolute atomic E-state index is 0.0138. The average molecular weight is 305 g/mol. The number of amidine groups is 1. The number of aliphatic imine (C=N–C) groups is 1. The van der Waals surface area contributed by atoms with E-state index in [1.807, 2.05) is 0 Å². The Morgan fingerprint density at radius 1 is 1.36 bits per heavy atom. The molecule has 1 atom stereocenters. The first kappa shape index (κ1) is 15.7. The number of carboxylic acid groups (broad SMARTS) is 1. The third kappa shape index (κ3) is 3.30. The number of hydrogen-bond acceptors (Lipinski definition) is 6. The Morgan fingerprint density at radius 3 is 2.55 bits per heavy atom. The van der Waals surface area contributed by atoms with Gasteiger partial charge in [-0.25, -0.2) is 4.99 Å². The zero-order chi connectivity index (χ0) is 16.3. The SMILES string of the molecule is NC(CO)C1=N/C(=C/c2ccc(O)cc2)C(=O)N1CC(=O)O. The molecule has 1 unspecified atom stereocenters. The molecule has 0 saturated heterocycles. The van der Waals surface area contributed by atoms with Crippen LogP contribution in [0.1, 0.15) is 5.56 Å². The van der Waals surface area contributed by atoms with Crippen LogP contribution in [0.25, 0.3) is 6.08 Å². The van der Waals surface area contributed by atoms with Gasteiger partial charge in [0.25, 0.3) is 5.91 Å². The summed E-state index contributed by atoms with van der Waals surface area (Å²) in [4.78, 5) is 28.1. The lowest BCUT2D eigenvalue weighted by Gasteiger charge is -2.18. The molecule has 8 heteroatoms. The highest BCUT2D eigenvalue weighted by Crippen LogP contribution is 2.20. The monoisotopic (exact) mass is 305 g/mol. The molecule has 5 N–H and O–H groups in total. The Morgan fingerprint density at radius 2 is 2.00 bits per heavy atom. The number of hydrogen-bond donors (Lipinski definition) is 4. The van der Waals surface area contributed by atoms with E-state index in [2.05, 4.69) is 4.99 Å². The minimum atomic E-state index is -1.21. The van der Waals surface area contributed by atoms with Crippen LogP contribution in [0.3, 0.4) is 0 Å². The van der Waals surface area contributed by atoms with Crippen LogP contribution >= 0.6 is 0 Å². The van der Waals surface area contributed by atoms with Gasteiger partial charge in [-0.2, -0.15) is 0 Å². The fourth-order valence-corrected chi connectivity index (χ4v) is 1.95. The number of aliphatic hydroxyl groups is 1. The number of nitrogens with zero attached hydrogens (tertiary/aromatic N) is 2. The molecule has 1 aliphatic rings. The number of phenolic OH excluding ortho intramolecular Hbond substituents is 1. The molecule has 1 aliphatic heterocycles. The molecule has 0 aliphatic carbocycles. The molecule has 1 heterocycles. The molecule has 1 amide bonds. The van der Waals surface area contributed by atoms with Gasteiger partial charge in [-0.05, 0) is 23.8 Å². The molecule has 0 fully saturated rings. The van der Waals surface area contributed by atoms with Crippen molar-refractivity contribution in [3.63, 3.8) is 0 Å². The molecule has 2 rings (SSSR count). The van der Waals surface area contributed by atoms with Crippen molar-refractivity contribution in [1.29, 1.82) is 0 Å². The van der Waals surface area contributed by atoms with Crippen LogP contribution < -0.4 is 5.73 Å². The quantitative estimate of drug-likeness (QED) is 0.535. The van der Waals surface area contributed by atoms with Crippen molar-refractivity contribution in [3.05, 3.63) is 35.5 Å². The third-order valence-corrected chi connectivity index (χ3v) is 2.99. The van der Waals surface area contributed by atoms with E-state index in [1.165, 1.54) is 18.2 Å². The number of benzene rings is 1. The Hall–Kier alpha value is -2.71. The molecule has 0 bridgehead atoms. The average Bonchev–Trinajstić information content (AvgIpc) is 2.77. The van der Waals surface area contributed by atoms with Gasteiger partial charge in [-0.1, -0.05) is 12.1 Å². The van der Waals surface area contributed by atoms with Crippen LogP contribution in [0.15, 0.2) is 35.0 Å². The van der Waals surface area contributed by atoms with Gasteiger partial charge in [-0.15, -0.1) is 0 Å². The van der Waals surface area contributed by atoms with Crippen molar-refractivity contribution in [2.24, 2.45) is 10.7 Å². The predicted molar refractivity (Wildman–Crippen MR) is 77.9 cm³/mol. The zero-order valence-corrected chi connectivity index (χ0v) is 11.5. The van der Waals surface area contributed by atoms with Gasteiger partial charge < -0.3 is 21.1 Å². The lowest BCUT2D eigenvalue weighted by atomic mass is 10.2. The van der Waals surface area contributed by atoms with Crippen LogP contribution in [0, 0.1) is 0 Å². The molecule has 0 aromatic heterocycles. The normalized spacial score (nSPS) is 17.7. The smallest absolute Gasteiger partial charge is 0.323 e. The van der Waals surface area contributed by atoms with Crippen LogP contribution in [0.4, 0.5) is 0 Å². The molecular weight excluding hydrogens is 290 g/mol. The van der Waals surface area contributed by atoms with Gasteiger partial charge in [0.2, 0.25) is 0 Å². The highest BCUT2D eigenvalue weighted by molar-refractivity contribution is 6.16. The maximum absolute atomic E-state index is 12.2. The highest BCUT2D eigenvalue weighted by atomic mass is 16.4. The number of carbonyl (C=O) groups is 2. The molecule has 1 aromatic carbocycles. The van der Waals surface area contributed by atoms with Crippen molar-refractivity contribution in [2.75, 3.05) is 13.2 Å². The van der Waals surface area contributed by atoms with Crippen LogP contribution in [0.5, 0.6) is 5.75 Å². The van der Waals surface area contributed by atoms with Gasteiger partial charge in [0, 0.05) is 0 Å². The molecule has 0 radical (unpaired) electrons. The van der Waals surface area contributed by atoms with Gasteiger partial charge in [0.1, 0.15) is 23.8 Å². The summed E-state index contributed by atoms with van der Waals surface area (Å²) in [6.07, 6.45) is 1.45. The summed E-state index contributed by atoms with van der Waals surface area (Å²) >= 11 is 0. The number of aliphatic hydroxyl groups excluding tert-OH is 1. The number of rotatable bonds is 5. The van der Waals surface area contributed by atoms with E-state index >= 15 is 0 Å². The first-order chi connectivity index (χ1) is 10.4. The van der Waals surface area contributed by atoms with E-state index in [0.29, 0.717) is 5.56 Å². The van der Waals surface area contributed by atoms with Crippen molar-refractivity contribution >= 4 is 23.8 Å². The summed E-state index contributed by atoms with van der Waals surface area (Å²) in [5.74, 6) is -1.72. The van der Waals surface area contributed by atoms with Crippen LogP contribution in [-0.4, -0.2) is 57.1 Å². The lowest BCUT2D eigenvalue weighted by Crippen LogP contribution is -2.47. The Kier molecular flexibility index (Phi) is 4.54. The second-order valence-corrected chi connectivity index (χ2v) is 4.67. The topological polar surface area (TPSA) is 136 Å². The summed E-state index contributed by atoms with van der Waals surface area (Å²) < 4.78 is 0. The van der Waals surface area contributed by atoms with E-state index in [0.717, 1.165) is 4.90 Å². The fraction of sp³-hybridized carbons (Fsp3) is 0.214. The van der Waals surface area contributed by atoms with E-state index < -0.39 is 31.1 Å². The van der Waals surface area contributed by atoms with Crippen molar-refractivity contribution in [3.8, 4) is 5.75 Å². The highest BCUT2D eigenvalue weighted by Gasteiger charge is 2.34. The van der Waals surface area contributed by atoms with Crippen LogP contribution in [-0.2, 0) is 9.59 Å². The molecule has 0 saturated carbocycles. The van der Waals surface area contributed by atoms with Gasteiger partial charge in [0.05, 0.1) is 12.6 Å². The second-order valence-electron chi connectivity index (χ2n) is 4.67. The standard InChI is InChI=1S/C14H15N3O5/c15-10(7-18)13-16-11(14(22)17(13)6-12(20)21)5-8-1-3-9(19)4-2-8/h1-5,10,18-19H,6-7,15H2,(H,20,21)/b11-5+. The molecule has 8 nitrogen and oxygen atoms in total. The Labute approximate surface area is 125 Å². The summed E-state index contributed by atoms with van der Waals surface area (Å²) in [6.45, 7) is -1.05. The third-order valence-electron chi connectivity index (χ3n) is 2.99. The zero-order valence-electron chi connectivity index (χ0n) is 11.5. The number of carboxylic acids is 1. The van der Waals surface area contributed by atoms with E-state index in [-0.39, 0.29) is 17.3 Å². The van der Waals surface area contributed by atoms with E-state index in [9.17, 15) is 14.7 Å². The number of amides is 1. The largest absolute Gasteiger partial charge is 0.508 e. The first-order valence-electron chi connectivity index (χ1n) is 6.41. The lowest BCUT2D eigenvalue weighted by molar-refractivity contribution is -0.140. The predicted octanol–water partition coefficient (Wildman–Crippen LogP) is -0.622. The summed E-state index contributed by atoms with van der Waals surface area (Å²) in [5, 5.41) is 27.2. The number of carbonyl (C=O) groups excluding carboxylic acids is 1. The first-order valence-corrected chi connectivity index (χ1v) is 6.41. The number of nitrogens with two attached hydrogens (primary N) is 1. The molecule has 0 spiro atoms. The Bertz CT molecular complexity index is 651. The van der Waals surface area contributed by atoms with Crippen molar-refractivity contribution < 1.29 is 24.9 Å². The van der Waals surface area contributed by atoms with Gasteiger partial charge in [0.15, 0.2) is 0 Å². The maximum atomic E-state index is 12.2. The van der Waals surface area contributed by atoms with Gasteiger partial charge >= 0.3 is 5.97 Å². The van der Waals surface area contributed by atoms with E-state index in [1.54, 1.807) is 12.1 Å². The maximum Gasteiger partial charge on any atom is 0.323 e.